The summed E-state index contributed by atoms with van der Waals surface area (Å²) in [6, 6.07) is 9.90. The van der Waals surface area contributed by atoms with E-state index in [9.17, 15) is 14.0 Å². The van der Waals surface area contributed by atoms with E-state index in [0.29, 0.717) is 58.1 Å². The second kappa shape index (κ2) is 9.02. The van der Waals surface area contributed by atoms with Gasteiger partial charge in [-0.3, -0.25) is 14.2 Å². The molecule has 0 saturated heterocycles. The van der Waals surface area contributed by atoms with E-state index < -0.39 is 5.82 Å². The van der Waals surface area contributed by atoms with Crippen LogP contribution < -0.4 is 20.3 Å². The number of methoxy groups -OCH3 is 2. The average molecular weight is 483 g/mol. The summed E-state index contributed by atoms with van der Waals surface area (Å²) in [5.74, 6) is 1.37. The molecule has 0 spiro atoms. The second-order valence-corrected chi connectivity index (χ2v) is 9.00. The van der Waals surface area contributed by atoms with E-state index in [4.69, 9.17) is 9.47 Å². The van der Waals surface area contributed by atoms with E-state index in [0.717, 1.165) is 11.3 Å². The van der Waals surface area contributed by atoms with Crippen molar-refractivity contribution in [2.75, 3.05) is 26.5 Å². The van der Waals surface area contributed by atoms with Gasteiger partial charge in [-0.15, -0.1) is 0 Å². The van der Waals surface area contributed by atoms with Crippen LogP contribution in [0.4, 0.5) is 4.39 Å². The molecule has 0 saturated carbocycles. The Kier molecular flexibility index (Phi) is 5.91. The van der Waals surface area contributed by atoms with Crippen molar-refractivity contribution in [2.24, 2.45) is 0 Å². The quantitative estimate of drug-likeness (QED) is 0.408. The molecule has 1 N–H and O–H groups in total. The van der Waals surface area contributed by atoms with Crippen LogP contribution in [0, 0.1) is 5.82 Å². The highest BCUT2D eigenvalue weighted by molar-refractivity contribution is 7.99. The summed E-state index contributed by atoms with van der Waals surface area (Å²) < 4.78 is 27.9. The number of hydrogen-bond acceptors (Lipinski definition) is 6. The highest BCUT2D eigenvalue weighted by Crippen LogP contribution is 2.30. The number of thioether (sulfide) groups is 1. The van der Waals surface area contributed by atoms with Gasteiger partial charge in [0.05, 0.1) is 19.7 Å². The van der Waals surface area contributed by atoms with E-state index in [-0.39, 0.29) is 18.0 Å². The third kappa shape index (κ3) is 3.87. The summed E-state index contributed by atoms with van der Waals surface area (Å²) in [4.78, 5) is 30.7. The van der Waals surface area contributed by atoms with E-state index in [1.165, 1.54) is 23.9 Å². The van der Waals surface area contributed by atoms with Crippen molar-refractivity contribution in [3.8, 4) is 11.5 Å². The fourth-order valence-corrected chi connectivity index (χ4v) is 5.23. The standard InChI is InChI=1S/C24H23FN4O4S/c1-32-18-6-3-14(11-19(18)33-2)7-8-26-20(30)13-29-17-5-4-15(25)12-16(17)21-22(29)23(31)28-9-10-34-24(28)27-21/h3-6,11-12H,7-10,13H2,1-2H3,(H,26,30). The maximum atomic E-state index is 14.0. The zero-order valence-corrected chi connectivity index (χ0v) is 19.6. The molecule has 4 aromatic rings. The predicted molar refractivity (Wildman–Crippen MR) is 128 cm³/mol. The minimum absolute atomic E-state index is 0.0685. The summed E-state index contributed by atoms with van der Waals surface area (Å²) in [5, 5.41) is 4.06. The molecule has 0 aliphatic carbocycles. The fraction of sp³-hybridized carbons (Fsp3) is 0.292. The van der Waals surface area contributed by atoms with E-state index >= 15 is 0 Å². The van der Waals surface area contributed by atoms with Gasteiger partial charge in [0.25, 0.3) is 5.56 Å². The predicted octanol–water partition coefficient (Wildman–Crippen LogP) is 2.97. The van der Waals surface area contributed by atoms with Crippen molar-refractivity contribution in [3.05, 3.63) is 58.1 Å². The van der Waals surface area contributed by atoms with Gasteiger partial charge in [0, 0.05) is 24.2 Å². The van der Waals surface area contributed by atoms with Crippen molar-refractivity contribution in [2.45, 2.75) is 24.7 Å². The average Bonchev–Trinajstić information content (AvgIpc) is 3.42. The number of hydrogen-bond donors (Lipinski definition) is 1. The van der Waals surface area contributed by atoms with Gasteiger partial charge in [0.15, 0.2) is 16.7 Å². The number of amides is 1. The van der Waals surface area contributed by atoms with Gasteiger partial charge in [-0.1, -0.05) is 17.8 Å². The molecule has 0 atom stereocenters. The number of ether oxygens (including phenoxy) is 2. The SMILES string of the molecule is COc1ccc(CCNC(=O)Cn2c3ccc(F)cc3c3nc4n(c(=O)c32)CCS4)cc1OC. The Balaban J connectivity index is 1.40. The minimum atomic E-state index is -0.416. The van der Waals surface area contributed by atoms with Gasteiger partial charge in [-0.2, -0.15) is 0 Å². The monoisotopic (exact) mass is 482 g/mol. The number of nitrogens with zero attached hydrogens (tertiary/aromatic N) is 3. The van der Waals surface area contributed by atoms with Crippen LogP contribution in [-0.2, 0) is 24.3 Å². The summed E-state index contributed by atoms with van der Waals surface area (Å²) in [5.41, 5.74) is 2.13. The van der Waals surface area contributed by atoms with Crippen molar-refractivity contribution in [1.82, 2.24) is 19.4 Å². The molecule has 34 heavy (non-hydrogen) atoms. The molecule has 0 unspecified atom stereocenters. The molecule has 1 amide bonds. The molecule has 1 aliphatic rings. The molecule has 5 rings (SSSR count). The smallest absolute Gasteiger partial charge is 0.278 e. The first-order valence-corrected chi connectivity index (χ1v) is 11.8. The van der Waals surface area contributed by atoms with Crippen LogP contribution in [0.3, 0.4) is 0 Å². The maximum Gasteiger partial charge on any atom is 0.278 e. The third-order valence-corrected chi connectivity index (χ3v) is 6.87. The van der Waals surface area contributed by atoms with Crippen molar-refractivity contribution in [1.29, 1.82) is 0 Å². The van der Waals surface area contributed by atoms with Gasteiger partial charge in [-0.05, 0) is 42.3 Å². The lowest BCUT2D eigenvalue weighted by molar-refractivity contribution is -0.121. The molecule has 3 heterocycles. The molecule has 176 valence electrons. The van der Waals surface area contributed by atoms with Gasteiger partial charge in [-0.25, -0.2) is 9.37 Å². The molecule has 0 radical (unpaired) electrons. The number of benzene rings is 2. The molecule has 2 aromatic heterocycles. The van der Waals surface area contributed by atoms with Crippen LogP contribution in [0.25, 0.3) is 21.9 Å². The fourth-order valence-electron chi connectivity index (χ4n) is 4.29. The molecule has 8 nitrogen and oxygen atoms in total. The lowest BCUT2D eigenvalue weighted by Crippen LogP contribution is -2.30. The van der Waals surface area contributed by atoms with Gasteiger partial charge < -0.3 is 19.4 Å². The highest BCUT2D eigenvalue weighted by Gasteiger charge is 2.23. The highest BCUT2D eigenvalue weighted by atomic mass is 32.2. The Hall–Kier alpha value is -3.53. The van der Waals surface area contributed by atoms with Gasteiger partial charge in [0.1, 0.15) is 23.4 Å². The number of carbonyl (C=O) groups excluding carboxylic acids is 1. The topological polar surface area (TPSA) is 87.4 Å². The Morgan fingerprint density at radius 3 is 2.79 bits per heavy atom. The van der Waals surface area contributed by atoms with Crippen LogP contribution in [0.1, 0.15) is 5.56 Å². The summed E-state index contributed by atoms with van der Waals surface area (Å²) in [7, 11) is 3.15. The molecular formula is C24H23FN4O4S. The molecule has 1 aliphatic heterocycles. The van der Waals surface area contributed by atoms with Crippen LogP contribution >= 0.6 is 11.8 Å². The normalized spacial score (nSPS) is 12.8. The second-order valence-electron chi connectivity index (χ2n) is 7.93. The molecule has 0 bridgehead atoms. The van der Waals surface area contributed by atoms with Crippen LogP contribution in [0.15, 0.2) is 46.3 Å². The lowest BCUT2D eigenvalue weighted by atomic mass is 10.1. The molecule has 0 fully saturated rings. The summed E-state index contributed by atoms with van der Waals surface area (Å²) in [6.45, 7) is 0.902. The van der Waals surface area contributed by atoms with Gasteiger partial charge in [0.2, 0.25) is 5.91 Å². The van der Waals surface area contributed by atoms with E-state index in [1.807, 2.05) is 18.2 Å². The Labute approximate surface area is 198 Å². The first kappa shape index (κ1) is 22.3. The Morgan fingerprint density at radius 1 is 1.18 bits per heavy atom. The van der Waals surface area contributed by atoms with Crippen molar-refractivity contribution < 1.29 is 18.7 Å². The lowest BCUT2D eigenvalue weighted by Gasteiger charge is -2.11. The summed E-state index contributed by atoms with van der Waals surface area (Å²) >= 11 is 1.50. The maximum absolute atomic E-state index is 14.0. The molecular weight excluding hydrogens is 459 g/mol. The van der Waals surface area contributed by atoms with Crippen molar-refractivity contribution >= 4 is 39.6 Å². The van der Waals surface area contributed by atoms with Crippen LogP contribution in [0.2, 0.25) is 0 Å². The largest absolute Gasteiger partial charge is 0.493 e. The molecule has 10 heteroatoms. The van der Waals surface area contributed by atoms with Crippen molar-refractivity contribution in [3.63, 3.8) is 0 Å². The van der Waals surface area contributed by atoms with Crippen LogP contribution in [0.5, 0.6) is 11.5 Å². The Bertz CT molecular complexity index is 1480. The number of aromatic nitrogens is 3. The minimum Gasteiger partial charge on any atom is -0.493 e. The number of halogens is 1. The first-order chi connectivity index (χ1) is 16.5. The third-order valence-electron chi connectivity index (χ3n) is 5.92. The number of rotatable bonds is 7. The van der Waals surface area contributed by atoms with E-state index in [2.05, 4.69) is 10.3 Å². The van der Waals surface area contributed by atoms with Gasteiger partial charge >= 0.3 is 0 Å². The number of fused-ring (bicyclic) bond motifs is 4. The van der Waals surface area contributed by atoms with E-state index in [1.54, 1.807) is 29.4 Å². The number of nitrogens with one attached hydrogen (secondary N) is 1. The first-order valence-electron chi connectivity index (χ1n) is 10.8. The van der Waals surface area contributed by atoms with Crippen LogP contribution in [-0.4, -0.2) is 46.5 Å². The summed E-state index contributed by atoms with van der Waals surface area (Å²) in [6.07, 6.45) is 0.597. The molecule has 2 aromatic carbocycles. The Morgan fingerprint density at radius 2 is 2.00 bits per heavy atom. The number of carbonyl (C=O) groups is 1. The zero-order chi connectivity index (χ0) is 23.8. The zero-order valence-electron chi connectivity index (χ0n) is 18.8.